The van der Waals surface area contributed by atoms with Crippen molar-refractivity contribution in [3.63, 3.8) is 0 Å². The Bertz CT molecular complexity index is 3540. The summed E-state index contributed by atoms with van der Waals surface area (Å²) in [6.07, 6.45) is 0. The van der Waals surface area contributed by atoms with Gasteiger partial charge in [-0.25, -0.2) is 9.97 Å². The maximum atomic E-state index is 5.31. The van der Waals surface area contributed by atoms with E-state index in [1.807, 2.05) is 18.2 Å². The van der Waals surface area contributed by atoms with Crippen molar-refractivity contribution in [1.82, 2.24) is 19.1 Å². The highest BCUT2D eigenvalue weighted by molar-refractivity contribution is 6.14. The number of benzene rings is 9. The van der Waals surface area contributed by atoms with Gasteiger partial charge in [0.1, 0.15) is 0 Å². The molecule has 3 aromatic heterocycles. The van der Waals surface area contributed by atoms with E-state index in [9.17, 15) is 0 Å². The summed E-state index contributed by atoms with van der Waals surface area (Å²) in [6, 6.07) is 73.8. The standard InChI is InChI=1S/C54H34N4/c1-3-13-36(14-4-1)54-55-48-29-25-39(40-26-30-51-45(32-40)43-19-9-11-21-49(43)57(51)41-17-5-2-6-18-41)33-47(48)53(56-54)35-23-27-42(28-24-35)58-50-22-12-10-20-44(50)46-31-37-15-7-8-16-38(37)34-52(46)58/h1-34H. The minimum atomic E-state index is 0.712. The number of aromatic nitrogens is 4. The van der Waals surface area contributed by atoms with Gasteiger partial charge >= 0.3 is 0 Å². The van der Waals surface area contributed by atoms with Crippen LogP contribution in [0.25, 0.3) is 110 Å². The molecule has 58 heavy (non-hydrogen) atoms. The lowest BCUT2D eigenvalue weighted by Crippen LogP contribution is -1.97. The second-order valence-electron chi connectivity index (χ2n) is 15.0. The Labute approximate surface area is 334 Å². The van der Waals surface area contributed by atoms with Crippen LogP contribution in [0.5, 0.6) is 0 Å². The molecule has 0 saturated carbocycles. The second-order valence-corrected chi connectivity index (χ2v) is 15.0. The van der Waals surface area contributed by atoms with Crippen molar-refractivity contribution < 1.29 is 0 Å². The fourth-order valence-electron chi connectivity index (χ4n) is 8.95. The molecular weight excluding hydrogens is 705 g/mol. The maximum absolute atomic E-state index is 5.31. The minimum absolute atomic E-state index is 0.712. The lowest BCUT2D eigenvalue weighted by Gasteiger charge is -2.13. The Morgan fingerprint density at radius 1 is 0.293 bits per heavy atom. The molecule has 0 unspecified atom stereocenters. The van der Waals surface area contributed by atoms with Crippen LogP contribution in [0.4, 0.5) is 0 Å². The van der Waals surface area contributed by atoms with Crippen LogP contribution >= 0.6 is 0 Å². The van der Waals surface area contributed by atoms with Crippen LogP contribution in [0.2, 0.25) is 0 Å². The first-order valence-electron chi connectivity index (χ1n) is 19.7. The number of fused-ring (bicyclic) bond motifs is 8. The van der Waals surface area contributed by atoms with Crippen molar-refractivity contribution in [2.75, 3.05) is 0 Å². The van der Waals surface area contributed by atoms with Gasteiger partial charge in [-0.2, -0.15) is 0 Å². The van der Waals surface area contributed by atoms with Crippen molar-refractivity contribution in [2.24, 2.45) is 0 Å². The molecule has 12 aromatic rings. The lowest BCUT2D eigenvalue weighted by atomic mass is 9.98. The zero-order chi connectivity index (χ0) is 38.2. The topological polar surface area (TPSA) is 35.6 Å². The summed E-state index contributed by atoms with van der Waals surface area (Å²) < 4.78 is 4.74. The number of hydrogen-bond acceptors (Lipinski definition) is 2. The summed E-state index contributed by atoms with van der Waals surface area (Å²) in [5.74, 6) is 0.712. The number of rotatable bonds is 5. The Morgan fingerprint density at radius 3 is 1.53 bits per heavy atom. The normalized spacial score (nSPS) is 11.8. The molecule has 0 saturated heterocycles. The first kappa shape index (κ1) is 32.4. The van der Waals surface area contributed by atoms with Gasteiger partial charge in [0.15, 0.2) is 5.82 Å². The summed E-state index contributed by atoms with van der Waals surface area (Å²) in [5.41, 5.74) is 13.1. The van der Waals surface area contributed by atoms with Crippen molar-refractivity contribution in [2.45, 2.75) is 0 Å². The molecule has 0 radical (unpaired) electrons. The third-order valence-corrected chi connectivity index (χ3v) is 11.7. The van der Waals surface area contributed by atoms with Gasteiger partial charge in [0, 0.05) is 49.4 Å². The predicted octanol–water partition coefficient (Wildman–Crippen LogP) is 14.0. The Kier molecular flexibility index (Phi) is 7.20. The zero-order valence-corrected chi connectivity index (χ0v) is 31.4. The molecule has 9 aromatic carbocycles. The van der Waals surface area contributed by atoms with E-state index in [1.165, 1.54) is 54.4 Å². The molecular formula is C54H34N4. The molecule has 0 N–H and O–H groups in total. The van der Waals surface area contributed by atoms with Crippen LogP contribution in [0.15, 0.2) is 206 Å². The van der Waals surface area contributed by atoms with Gasteiger partial charge in [-0.3, -0.25) is 0 Å². The quantitative estimate of drug-likeness (QED) is 0.176. The van der Waals surface area contributed by atoms with E-state index in [2.05, 4.69) is 197 Å². The van der Waals surface area contributed by atoms with Crippen LogP contribution in [0, 0.1) is 0 Å². The lowest BCUT2D eigenvalue weighted by molar-refractivity contribution is 1.18. The van der Waals surface area contributed by atoms with E-state index >= 15 is 0 Å². The van der Waals surface area contributed by atoms with Gasteiger partial charge in [-0.15, -0.1) is 0 Å². The Hall–Kier alpha value is -7.82. The summed E-state index contributed by atoms with van der Waals surface area (Å²) in [5, 5.41) is 8.45. The number of para-hydroxylation sites is 3. The van der Waals surface area contributed by atoms with Crippen molar-refractivity contribution in [1.29, 1.82) is 0 Å². The van der Waals surface area contributed by atoms with E-state index in [1.54, 1.807) is 0 Å². The molecule has 0 aliphatic rings. The molecule has 270 valence electrons. The fourth-order valence-corrected chi connectivity index (χ4v) is 8.95. The molecule has 4 heteroatoms. The van der Waals surface area contributed by atoms with Crippen LogP contribution in [-0.2, 0) is 0 Å². The average Bonchev–Trinajstić information content (AvgIpc) is 3.80. The third kappa shape index (κ3) is 5.09. The first-order chi connectivity index (χ1) is 28.7. The van der Waals surface area contributed by atoms with Crippen molar-refractivity contribution in [3.8, 4) is 45.1 Å². The predicted molar refractivity (Wildman–Crippen MR) is 242 cm³/mol. The van der Waals surface area contributed by atoms with Gasteiger partial charge in [0.05, 0.1) is 33.3 Å². The number of nitrogens with zero attached hydrogens (tertiary/aromatic N) is 4. The molecule has 0 aliphatic heterocycles. The van der Waals surface area contributed by atoms with Crippen LogP contribution in [0.3, 0.4) is 0 Å². The molecule has 0 fully saturated rings. The van der Waals surface area contributed by atoms with Gasteiger partial charge < -0.3 is 9.13 Å². The summed E-state index contributed by atoms with van der Waals surface area (Å²) in [6.45, 7) is 0. The van der Waals surface area contributed by atoms with Crippen molar-refractivity contribution >= 4 is 65.3 Å². The largest absolute Gasteiger partial charge is 0.309 e. The molecule has 4 nitrogen and oxygen atoms in total. The average molecular weight is 739 g/mol. The van der Waals surface area contributed by atoms with Crippen LogP contribution in [-0.4, -0.2) is 19.1 Å². The SMILES string of the molecule is c1ccc(-c2nc(-c3ccc(-n4c5ccccc5c5cc6ccccc6cc54)cc3)c3cc(-c4ccc5c(c4)c4ccccc4n5-c4ccccc4)ccc3n2)cc1. The third-order valence-electron chi connectivity index (χ3n) is 11.7. The van der Waals surface area contributed by atoms with E-state index in [4.69, 9.17) is 9.97 Å². The summed E-state index contributed by atoms with van der Waals surface area (Å²) in [7, 11) is 0. The molecule has 0 amide bonds. The van der Waals surface area contributed by atoms with E-state index in [-0.39, 0.29) is 0 Å². The smallest absolute Gasteiger partial charge is 0.160 e. The Morgan fingerprint density at radius 2 is 0.810 bits per heavy atom. The fraction of sp³-hybridized carbons (Fsp3) is 0. The second kappa shape index (κ2) is 12.9. The molecule has 0 spiro atoms. The highest BCUT2D eigenvalue weighted by Crippen LogP contribution is 2.39. The highest BCUT2D eigenvalue weighted by Gasteiger charge is 2.18. The van der Waals surface area contributed by atoms with E-state index in [0.29, 0.717) is 5.82 Å². The minimum Gasteiger partial charge on any atom is -0.309 e. The molecule has 3 heterocycles. The van der Waals surface area contributed by atoms with Gasteiger partial charge in [-0.1, -0.05) is 133 Å². The van der Waals surface area contributed by atoms with Crippen molar-refractivity contribution in [3.05, 3.63) is 206 Å². The molecule has 0 aliphatic carbocycles. The number of hydrogen-bond donors (Lipinski definition) is 0. The first-order valence-corrected chi connectivity index (χ1v) is 19.7. The molecule has 0 bridgehead atoms. The van der Waals surface area contributed by atoms with E-state index in [0.717, 1.165) is 50.2 Å². The Balaban J connectivity index is 1.02. The highest BCUT2D eigenvalue weighted by atomic mass is 15.0. The van der Waals surface area contributed by atoms with E-state index < -0.39 is 0 Å². The van der Waals surface area contributed by atoms with Gasteiger partial charge in [0.25, 0.3) is 0 Å². The zero-order valence-electron chi connectivity index (χ0n) is 31.4. The molecule has 12 rings (SSSR count). The maximum Gasteiger partial charge on any atom is 0.160 e. The molecule has 0 atom stereocenters. The summed E-state index contributed by atoms with van der Waals surface area (Å²) in [4.78, 5) is 10.4. The summed E-state index contributed by atoms with van der Waals surface area (Å²) >= 11 is 0. The van der Waals surface area contributed by atoms with Gasteiger partial charge in [0.2, 0.25) is 0 Å². The van der Waals surface area contributed by atoms with Gasteiger partial charge in [-0.05, 0) is 94.7 Å². The monoisotopic (exact) mass is 738 g/mol. The van der Waals surface area contributed by atoms with Crippen LogP contribution < -0.4 is 0 Å². The van der Waals surface area contributed by atoms with Crippen LogP contribution in [0.1, 0.15) is 0 Å².